The van der Waals surface area contributed by atoms with Gasteiger partial charge < -0.3 is 16.0 Å². The molecule has 0 amide bonds. The first-order valence-electron chi connectivity index (χ1n) is 9.47. The van der Waals surface area contributed by atoms with E-state index in [1.54, 1.807) is 11.8 Å². The number of hydrogen-bond donors (Lipinski definition) is 2. The van der Waals surface area contributed by atoms with Crippen LogP contribution in [0.2, 0.25) is 0 Å². The van der Waals surface area contributed by atoms with Crippen LogP contribution in [-0.2, 0) is 5.75 Å². The van der Waals surface area contributed by atoms with Gasteiger partial charge in [0, 0.05) is 47.6 Å². The molecule has 0 unspecified atom stereocenters. The fraction of sp³-hybridized carbons (Fsp3) is 0.333. The summed E-state index contributed by atoms with van der Waals surface area (Å²) < 4.78 is 1.94. The van der Waals surface area contributed by atoms with Crippen molar-refractivity contribution < 1.29 is 0 Å². The quantitative estimate of drug-likeness (QED) is 0.353. The summed E-state index contributed by atoms with van der Waals surface area (Å²) in [5.74, 6) is 1.67. The summed E-state index contributed by atoms with van der Waals surface area (Å²) in [7, 11) is 4.08. The summed E-state index contributed by atoms with van der Waals surface area (Å²) in [4.78, 5) is 15.5. The summed E-state index contributed by atoms with van der Waals surface area (Å²) in [5, 5.41) is 10.8. The van der Waals surface area contributed by atoms with Crippen LogP contribution in [0.1, 0.15) is 5.69 Å². The van der Waals surface area contributed by atoms with Crippen molar-refractivity contribution in [2.24, 2.45) is 5.73 Å². The topological polar surface area (TPSA) is 75.7 Å². The number of pyridine rings is 1. The Morgan fingerprint density at radius 3 is 2.79 bits per heavy atom. The Hall–Kier alpha value is -2.35. The predicted octanol–water partition coefficient (Wildman–Crippen LogP) is 2.60. The van der Waals surface area contributed by atoms with Crippen molar-refractivity contribution in [2.75, 3.05) is 44.8 Å². The van der Waals surface area contributed by atoms with E-state index in [4.69, 9.17) is 10.8 Å². The second-order valence-electron chi connectivity index (χ2n) is 7.16. The number of nitrogens with one attached hydrogen (secondary N) is 1. The van der Waals surface area contributed by atoms with Crippen LogP contribution < -0.4 is 16.5 Å². The summed E-state index contributed by atoms with van der Waals surface area (Å²) in [6.07, 6.45) is 0. The molecule has 3 N–H and O–H groups in total. The third-order valence-electron chi connectivity index (χ3n) is 4.90. The second-order valence-corrected chi connectivity index (χ2v) is 8.27. The molecule has 2 aromatic heterocycles. The van der Waals surface area contributed by atoms with Crippen molar-refractivity contribution in [3.8, 4) is 0 Å². The minimum absolute atomic E-state index is 0.0575. The number of hydrogen-bond acceptors (Lipinski definition) is 6. The van der Waals surface area contributed by atoms with Crippen LogP contribution in [0.4, 0.5) is 5.69 Å². The lowest BCUT2D eigenvalue weighted by atomic mass is 10.1. The van der Waals surface area contributed by atoms with E-state index in [9.17, 15) is 4.79 Å². The number of benzene rings is 2. The zero-order valence-corrected chi connectivity index (χ0v) is 17.1. The van der Waals surface area contributed by atoms with Gasteiger partial charge in [-0.05, 0) is 38.4 Å². The first-order valence-corrected chi connectivity index (χ1v) is 10.6. The maximum atomic E-state index is 13.4. The van der Waals surface area contributed by atoms with E-state index < -0.39 is 0 Å². The number of likely N-dealkylation sites (N-methyl/N-ethyl adjacent to an activating group) is 1. The van der Waals surface area contributed by atoms with Crippen LogP contribution >= 0.6 is 11.8 Å². The molecule has 28 heavy (non-hydrogen) atoms. The van der Waals surface area contributed by atoms with Crippen molar-refractivity contribution in [1.29, 1.82) is 0 Å². The summed E-state index contributed by atoms with van der Waals surface area (Å²) in [6.45, 7) is 2.31. The average Bonchev–Trinajstić information content (AvgIpc) is 3.06. The van der Waals surface area contributed by atoms with Crippen molar-refractivity contribution in [3.05, 3.63) is 52.3 Å². The highest BCUT2D eigenvalue weighted by Crippen LogP contribution is 2.32. The highest BCUT2D eigenvalue weighted by molar-refractivity contribution is 7.98. The van der Waals surface area contributed by atoms with Crippen molar-refractivity contribution in [1.82, 2.24) is 14.5 Å². The van der Waals surface area contributed by atoms with Gasteiger partial charge in [-0.2, -0.15) is 16.9 Å². The fourth-order valence-electron chi connectivity index (χ4n) is 3.58. The van der Waals surface area contributed by atoms with Crippen molar-refractivity contribution >= 4 is 44.6 Å². The largest absolute Gasteiger partial charge is 0.383 e. The molecule has 4 aromatic rings. The Morgan fingerprint density at radius 2 is 2.00 bits per heavy atom. The van der Waals surface area contributed by atoms with Gasteiger partial charge in [-0.25, -0.2) is 4.52 Å². The molecule has 0 aliphatic heterocycles. The van der Waals surface area contributed by atoms with Gasteiger partial charge >= 0.3 is 0 Å². The lowest BCUT2D eigenvalue weighted by Crippen LogP contribution is -2.21. The zero-order valence-electron chi connectivity index (χ0n) is 16.2. The van der Waals surface area contributed by atoms with E-state index >= 15 is 0 Å². The molecule has 0 radical (unpaired) electrons. The van der Waals surface area contributed by atoms with Crippen LogP contribution in [0, 0.1) is 0 Å². The van der Waals surface area contributed by atoms with Gasteiger partial charge in [0.25, 0.3) is 0 Å². The molecular formula is C21H25N5OS. The first kappa shape index (κ1) is 19.0. The van der Waals surface area contributed by atoms with Gasteiger partial charge in [-0.1, -0.05) is 12.1 Å². The standard InChI is InChI=1S/C21H25N5OS/c1-25(2)11-10-23-16-8-7-14-17(13-28-12-9-22)24-26-18-6-4-3-5-15(18)21(27)19(16)20(14)26/h3-8,23H,9-13,22H2,1-2H3. The zero-order chi connectivity index (χ0) is 19.7. The fourth-order valence-corrected chi connectivity index (χ4v) is 4.30. The van der Waals surface area contributed by atoms with Crippen LogP contribution in [-0.4, -0.2) is 54.0 Å². The molecular weight excluding hydrogens is 370 g/mol. The van der Waals surface area contributed by atoms with Gasteiger partial charge in [-0.15, -0.1) is 0 Å². The van der Waals surface area contributed by atoms with Crippen LogP contribution in [0.3, 0.4) is 0 Å². The van der Waals surface area contributed by atoms with Gasteiger partial charge in [-0.3, -0.25) is 4.79 Å². The van der Waals surface area contributed by atoms with Crippen molar-refractivity contribution in [3.63, 3.8) is 0 Å². The molecule has 2 heterocycles. The van der Waals surface area contributed by atoms with Crippen LogP contribution in [0.25, 0.3) is 27.2 Å². The maximum absolute atomic E-state index is 13.4. The number of nitrogens with zero attached hydrogens (tertiary/aromatic N) is 3. The Labute approximate surface area is 168 Å². The highest BCUT2D eigenvalue weighted by Gasteiger charge is 2.19. The number of aromatic nitrogens is 2. The molecule has 0 aliphatic carbocycles. The number of fused-ring (bicyclic) bond motifs is 2. The SMILES string of the molecule is CN(C)CCNc1ccc2c(CSCCN)nn3c4ccccc4c(=O)c1c23. The maximum Gasteiger partial charge on any atom is 0.199 e. The Morgan fingerprint density at radius 1 is 1.18 bits per heavy atom. The van der Waals surface area contributed by atoms with Crippen molar-refractivity contribution in [2.45, 2.75) is 5.75 Å². The summed E-state index contributed by atoms with van der Waals surface area (Å²) in [6, 6.07) is 11.8. The second kappa shape index (κ2) is 7.95. The van der Waals surface area contributed by atoms with E-state index in [-0.39, 0.29) is 5.43 Å². The van der Waals surface area contributed by atoms with E-state index in [0.29, 0.717) is 11.9 Å². The first-order chi connectivity index (χ1) is 13.6. The molecule has 4 rings (SSSR count). The third-order valence-corrected chi connectivity index (χ3v) is 5.90. The predicted molar refractivity (Wildman–Crippen MR) is 120 cm³/mol. The van der Waals surface area contributed by atoms with E-state index in [1.165, 1.54) is 0 Å². The molecule has 0 spiro atoms. The molecule has 0 bridgehead atoms. The molecule has 0 atom stereocenters. The van der Waals surface area contributed by atoms with E-state index in [0.717, 1.165) is 57.8 Å². The average molecular weight is 396 g/mol. The summed E-state index contributed by atoms with van der Waals surface area (Å²) in [5.41, 5.74) is 9.32. The number of thioether (sulfide) groups is 1. The molecule has 0 aliphatic rings. The van der Waals surface area contributed by atoms with E-state index in [2.05, 4.69) is 16.3 Å². The molecule has 6 nitrogen and oxygen atoms in total. The molecule has 0 fully saturated rings. The highest BCUT2D eigenvalue weighted by atomic mass is 32.2. The normalized spacial score (nSPS) is 12.0. The molecule has 7 heteroatoms. The Balaban J connectivity index is 1.94. The summed E-state index contributed by atoms with van der Waals surface area (Å²) >= 11 is 1.77. The number of anilines is 1. The minimum Gasteiger partial charge on any atom is -0.383 e. The number of para-hydroxylation sites is 1. The van der Waals surface area contributed by atoms with Crippen LogP contribution in [0.15, 0.2) is 41.2 Å². The van der Waals surface area contributed by atoms with Crippen LogP contribution in [0.5, 0.6) is 0 Å². The number of nitrogens with two attached hydrogens (primary N) is 1. The van der Waals surface area contributed by atoms with Gasteiger partial charge in [0.2, 0.25) is 0 Å². The van der Waals surface area contributed by atoms with Gasteiger partial charge in [0.05, 0.1) is 22.1 Å². The molecule has 0 saturated carbocycles. The lowest BCUT2D eigenvalue weighted by molar-refractivity contribution is 0.425. The Bertz CT molecular complexity index is 1170. The third kappa shape index (κ3) is 3.30. The monoisotopic (exact) mass is 395 g/mol. The molecule has 0 saturated heterocycles. The van der Waals surface area contributed by atoms with Gasteiger partial charge in [0.1, 0.15) is 0 Å². The molecule has 146 valence electrons. The minimum atomic E-state index is 0.0575. The Kier molecular flexibility index (Phi) is 5.39. The molecule has 2 aromatic carbocycles. The lowest BCUT2D eigenvalue weighted by Gasteiger charge is -2.13. The van der Waals surface area contributed by atoms with E-state index in [1.807, 2.05) is 48.9 Å². The smallest absolute Gasteiger partial charge is 0.199 e. The number of rotatable bonds is 8. The van der Waals surface area contributed by atoms with Gasteiger partial charge in [0.15, 0.2) is 5.43 Å².